The lowest BCUT2D eigenvalue weighted by molar-refractivity contribution is -0.136. The molecule has 2 fully saturated rings. The number of hydrogen-bond donors (Lipinski definition) is 1. The first-order valence-electron chi connectivity index (χ1n) is 7.60. The molecule has 8 nitrogen and oxygen atoms in total. The van der Waals surface area contributed by atoms with Crippen LogP contribution in [-0.2, 0) is 4.79 Å². The predicted molar refractivity (Wildman–Crippen MR) is 77.9 cm³/mol. The third-order valence-corrected chi connectivity index (χ3v) is 4.33. The molecule has 3 rings (SSSR count). The SMILES string of the molecule is CC1(C)CN(C(=O)C2CC2)CCN1C(=O)c1cc(C(=O)O)on1. The highest BCUT2D eigenvalue weighted by Gasteiger charge is 2.42. The van der Waals surface area contributed by atoms with E-state index in [1.54, 1.807) is 4.90 Å². The Labute approximate surface area is 133 Å². The molecule has 8 heteroatoms. The van der Waals surface area contributed by atoms with Crippen molar-refractivity contribution < 1.29 is 24.0 Å². The number of carbonyl (C=O) groups excluding carboxylic acids is 2. The van der Waals surface area contributed by atoms with Gasteiger partial charge in [0.25, 0.3) is 5.91 Å². The van der Waals surface area contributed by atoms with Gasteiger partial charge < -0.3 is 19.4 Å². The topological polar surface area (TPSA) is 104 Å². The van der Waals surface area contributed by atoms with Crippen LogP contribution in [0.4, 0.5) is 0 Å². The molecule has 2 aliphatic rings. The normalized spacial score (nSPS) is 20.4. The Morgan fingerprint density at radius 2 is 2.00 bits per heavy atom. The zero-order chi connectivity index (χ0) is 16.8. The van der Waals surface area contributed by atoms with E-state index in [0.717, 1.165) is 18.9 Å². The molecule has 1 aliphatic heterocycles. The third-order valence-electron chi connectivity index (χ3n) is 4.33. The Kier molecular flexibility index (Phi) is 3.62. The second-order valence-corrected chi connectivity index (χ2v) is 6.68. The Morgan fingerprint density at radius 3 is 2.52 bits per heavy atom. The quantitative estimate of drug-likeness (QED) is 0.885. The highest BCUT2D eigenvalue weighted by atomic mass is 16.5. The van der Waals surface area contributed by atoms with Gasteiger partial charge in [-0.2, -0.15) is 0 Å². The van der Waals surface area contributed by atoms with Crippen LogP contribution in [0.3, 0.4) is 0 Å². The molecule has 0 atom stereocenters. The van der Waals surface area contributed by atoms with Crippen molar-refractivity contribution in [2.24, 2.45) is 5.92 Å². The van der Waals surface area contributed by atoms with Gasteiger partial charge in [-0.05, 0) is 26.7 Å². The van der Waals surface area contributed by atoms with Gasteiger partial charge in [-0.15, -0.1) is 0 Å². The minimum absolute atomic E-state index is 0.0301. The van der Waals surface area contributed by atoms with Gasteiger partial charge >= 0.3 is 5.97 Å². The number of nitrogens with zero attached hydrogens (tertiary/aromatic N) is 3. The summed E-state index contributed by atoms with van der Waals surface area (Å²) < 4.78 is 4.64. The van der Waals surface area contributed by atoms with Gasteiger partial charge in [-0.1, -0.05) is 5.16 Å². The lowest BCUT2D eigenvalue weighted by atomic mass is 9.97. The maximum atomic E-state index is 12.6. The first kappa shape index (κ1) is 15.5. The first-order valence-corrected chi connectivity index (χ1v) is 7.60. The molecule has 2 amide bonds. The lowest BCUT2D eigenvalue weighted by Gasteiger charge is -2.46. The fraction of sp³-hybridized carbons (Fsp3) is 0.600. The molecule has 1 aromatic rings. The van der Waals surface area contributed by atoms with Gasteiger partial charge in [0.05, 0.1) is 5.54 Å². The van der Waals surface area contributed by atoms with Crippen molar-refractivity contribution >= 4 is 17.8 Å². The second-order valence-electron chi connectivity index (χ2n) is 6.68. The van der Waals surface area contributed by atoms with Crippen molar-refractivity contribution in [2.45, 2.75) is 32.2 Å². The third kappa shape index (κ3) is 2.93. The summed E-state index contributed by atoms with van der Waals surface area (Å²) in [5, 5.41) is 12.4. The van der Waals surface area contributed by atoms with Crippen LogP contribution < -0.4 is 0 Å². The van der Waals surface area contributed by atoms with Gasteiger partial charge in [0, 0.05) is 31.6 Å². The Hall–Kier alpha value is -2.38. The fourth-order valence-electron chi connectivity index (χ4n) is 2.92. The number of rotatable bonds is 3. The number of carboxylic acid groups (broad SMARTS) is 1. The minimum Gasteiger partial charge on any atom is -0.475 e. The molecule has 0 unspecified atom stereocenters. The summed E-state index contributed by atoms with van der Waals surface area (Å²) in [7, 11) is 0. The van der Waals surface area contributed by atoms with Crippen molar-refractivity contribution in [1.82, 2.24) is 15.0 Å². The monoisotopic (exact) mass is 321 g/mol. The molecule has 0 radical (unpaired) electrons. The molecular weight excluding hydrogens is 302 g/mol. The smallest absolute Gasteiger partial charge is 0.374 e. The molecule has 1 saturated carbocycles. The Morgan fingerprint density at radius 1 is 1.30 bits per heavy atom. The molecule has 0 bridgehead atoms. The van der Waals surface area contributed by atoms with E-state index in [-0.39, 0.29) is 29.2 Å². The van der Waals surface area contributed by atoms with Crippen molar-refractivity contribution in [1.29, 1.82) is 0 Å². The maximum Gasteiger partial charge on any atom is 0.374 e. The summed E-state index contributed by atoms with van der Waals surface area (Å²) >= 11 is 0. The van der Waals surface area contributed by atoms with Crippen LogP contribution in [0.5, 0.6) is 0 Å². The van der Waals surface area contributed by atoms with E-state index in [1.807, 2.05) is 18.7 Å². The van der Waals surface area contributed by atoms with E-state index in [9.17, 15) is 14.4 Å². The van der Waals surface area contributed by atoms with Crippen LogP contribution in [0.25, 0.3) is 0 Å². The van der Waals surface area contributed by atoms with Crippen molar-refractivity contribution in [2.75, 3.05) is 19.6 Å². The van der Waals surface area contributed by atoms with E-state index < -0.39 is 11.5 Å². The molecular formula is C15H19N3O5. The van der Waals surface area contributed by atoms with Crippen molar-refractivity contribution in [3.8, 4) is 0 Å². The maximum absolute atomic E-state index is 12.6. The molecule has 0 spiro atoms. The number of piperazine rings is 1. The van der Waals surface area contributed by atoms with Crippen LogP contribution in [-0.4, -0.2) is 63.0 Å². The summed E-state index contributed by atoms with van der Waals surface area (Å²) in [5.74, 6) is -1.70. The van der Waals surface area contributed by atoms with E-state index >= 15 is 0 Å². The zero-order valence-corrected chi connectivity index (χ0v) is 13.1. The molecule has 0 aromatic carbocycles. The predicted octanol–water partition coefficient (Wildman–Crippen LogP) is 0.846. The lowest BCUT2D eigenvalue weighted by Crippen LogP contribution is -2.62. The highest BCUT2D eigenvalue weighted by Crippen LogP contribution is 2.33. The van der Waals surface area contributed by atoms with Gasteiger partial charge in [-0.3, -0.25) is 9.59 Å². The molecule has 124 valence electrons. The van der Waals surface area contributed by atoms with Crippen molar-refractivity contribution in [3.63, 3.8) is 0 Å². The van der Waals surface area contributed by atoms with Crippen LogP contribution in [0.2, 0.25) is 0 Å². The van der Waals surface area contributed by atoms with Crippen LogP contribution in [0, 0.1) is 5.92 Å². The fourth-order valence-corrected chi connectivity index (χ4v) is 2.92. The average molecular weight is 321 g/mol. The van der Waals surface area contributed by atoms with Gasteiger partial charge in [0.1, 0.15) is 0 Å². The highest BCUT2D eigenvalue weighted by molar-refractivity contribution is 5.95. The van der Waals surface area contributed by atoms with Crippen LogP contribution in [0.15, 0.2) is 10.6 Å². The number of hydrogen-bond acceptors (Lipinski definition) is 5. The summed E-state index contributed by atoms with van der Waals surface area (Å²) in [6.07, 6.45) is 1.91. The van der Waals surface area contributed by atoms with E-state index in [4.69, 9.17) is 5.11 Å². The minimum atomic E-state index is -1.27. The summed E-state index contributed by atoms with van der Waals surface area (Å²) in [4.78, 5) is 39.0. The number of amides is 2. The average Bonchev–Trinajstić information content (AvgIpc) is 3.20. The molecule has 1 saturated heterocycles. The number of carboxylic acids is 1. The summed E-state index contributed by atoms with van der Waals surface area (Å²) in [6, 6.07) is 1.13. The van der Waals surface area contributed by atoms with Gasteiger partial charge in [-0.25, -0.2) is 4.79 Å². The Bertz CT molecular complexity index is 662. The molecule has 23 heavy (non-hydrogen) atoms. The van der Waals surface area contributed by atoms with E-state index in [0.29, 0.717) is 19.6 Å². The largest absolute Gasteiger partial charge is 0.475 e. The molecule has 2 heterocycles. The summed E-state index contributed by atoms with van der Waals surface area (Å²) in [6.45, 7) is 5.09. The van der Waals surface area contributed by atoms with E-state index in [2.05, 4.69) is 9.68 Å². The number of aromatic carboxylic acids is 1. The summed E-state index contributed by atoms with van der Waals surface area (Å²) in [5.41, 5.74) is -0.583. The zero-order valence-electron chi connectivity index (χ0n) is 13.1. The van der Waals surface area contributed by atoms with Crippen LogP contribution >= 0.6 is 0 Å². The number of carbonyl (C=O) groups is 3. The van der Waals surface area contributed by atoms with E-state index in [1.165, 1.54) is 0 Å². The van der Waals surface area contributed by atoms with Crippen molar-refractivity contribution in [3.05, 3.63) is 17.5 Å². The standard InChI is InChI=1S/C15H19N3O5/c1-15(2)8-17(12(19)9-3-4-9)5-6-18(15)13(20)10-7-11(14(21)22)23-16-10/h7,9H,3-6,8H2,1-2H3,(H,21,22). The Balaban J connectivity index is 1.73. The van der Waals surface area contributed by atoms with Gasteiger partial charge in [0.15, 0.2) is 5.69 Å². The molecule has 1 aliphatic carbocycles. The molecule has 1 aromatic heterocycles. The molecule has 1 N–H and O–H groups in total. The van der Waals surface area contributed by atoms with Gasteiger partial charge in [0.2, 0.25) is 11.7 Å². The number of aromatic nitrogens is 1. The van der Waals surface area contributed by atoms with Crippen LogP contribution in [0.1, 0.15) is 47.7 Å². The first-order chi connectivity index (χ1) is 10.8. The second kappa shape index (κ2) is 5.36.